The zero-order valence-electron chi connectivity index (χ0n) is 12.5. The Balaban J connectivity index is 2.53. The van der Waals surface area contributed by atoms with Gasteiger partial charge in [0.25, 0.3) is 0 Å². The number of nitrogens with two attached hydrogens (primary N) is 1. The molecule has 0 aliphatic carbocycles. The molecule has 5 nitrogen and oxygen atoms in total. The van der Waals surface area contributed by atoms with Gasteiger partial charge in [-0.2, -0.15) is 0 Å². The third-order valence-corrected chi connectivity index (χ3v) is 3.95. The molecule has 0 radical (unpaired) electrons. The van der Waals surface area contributed by atoms with Gasteiger partial charge in [-0.1, -0.05) is 17.7 Å². The van der Waals surface area contributed by atoms with Crippen LogP contribution >= 0.6 is 11.6 Å². The highest BCUT2D eigenvalue weighted by Gasteiger charge is 2.17. The molecule has 0 amide bonds. The van der Waals surface area contributed by atoms with E-state index < -0.39 is 23.7 Å². The zero-order valence-corrected chi connectivity index (χ0v) is 13.3. The van der Waals surface area contributed by atoms with Crippen molar-refractivity contribution in [3.8, 4) is 11.1 Å². The van der Waals surface area contributed by atoms with Gasteiger partial charge in [-0.15, -0.1) is 0 Å². The van der Waals surface area contributed by atoms with Gasteiger partial charge in [-0.05, 0) is 48.0 Å². The lowest BCUT2D eigenvalue weighted by Gasteiger charge is -2.15. The van der Waals surface area contributed by atoms with E-state index in [2.05, 4.69) is 0 Å². The molecule has 24 heavy (non-hydrogen) atoms. The molecular weight excluding hydrogens is 337 g/mol. The van der Waals surface area contributed by atoms with Crippen molar-refractivity contribution in [3.05, 3.63) is 58.4 Å². The lowest BCUT2D eigenvalue weighted by molar-refractivity contribution is -0.137. The van der Waals surface area contributed by atoms with E-state index in [0.29, 0.717) is 21.7 Å². The van der Waals surface area contributed by atoms with Crippen molar-refractivity contribution >= 4 is 23.5 Å². The van der Waals surface area contributed by atoms with E-state index in [0.717, 1.165) is 6.07 Å². The van der Waals surface area contributed by atoms with Crippen LogP contribution in [0.4, 0.5) is 4.39 Å². The average Bonchev–Trinajstić information content (AvgIpc) is 2.52. The number of hydrogen-bond donors (Lipinski definition) is 3. The highest BCUT2D eigenvalue weighted by molar-refractivity contribution is 6.33. The summed E-state index contributed by atoms with van der Waals surface area (Å²) in [4.78, 5) is 22.0. The minimum Gasteiger partial charge on any atom is -0.481 e. The average molecular weight is 352 g/mol. The summed E-state index contributed by atoms with van der Waals surface area (Å²) in [5.41, 5.74) is 6.78. The number of benzene rings is 2. The van der Waals surface area contributed by atoms with Crippen LogP contribution in [0.1, 0.15) is 28.3 Å². The first-order valence-electron chi connectivity index (χ1n) is 7.07. The summed E-state index contributed by atoms with van der Waals surface area (Å²) in [5, 5.41) is 18.3. The predicted octanol–water partition coefficient (Wildman–Crippen LogP) is 3.36. The largest absolute Gasteiger partial charge is 0.481 e. The van der Waals surface area contributed by atoms with Gasteiger partial charge in [0.15, 0.2) is 0 Å². The van der Waals surface area contributed by atoms with Gasteiger partial charge in [0.05, 0.1) is 12.0 Å². The number of hydrogen-bond acceptors (Lipinski definition) is 3. The summed E-state index contributed by atoms with van der Waals surface area (Å²) in [5.74, 6) is -3.37. The molecule has 1 unspecified atom stereocenters. The molecule has 126 valence electrons. The minimum absolute atomic E-state index is 0.122. The molecule has 2 aromatic rings. The van der Waals surface area contributed by atoms with Gasteiger partial charge in [0.2, 0.25) is 0 Å². The molecule has 0 aliphatic rings. The third kappa shape index (κ3) is 4.10. The van der Waals surface area contributed by atoms with Gasteiger partial charge in [-0.3, -0.25) is 4.79 Å². The van der Waals surface area contributed by atoms with Crippen LogP contribution in [-0.2, 0) is 4.79 Å². The second-order valence-electron chi connectivity index (χ2n) is 5.30. The van der Waals surface area contributed by atoms with Gasteiger partial charge < -0.3 is 15.9 Å². The van der Waals surface area contributed by atoms with Crippen molar-refractivity contribution < 1.29 is 24.2 Å². The fourth-order valence-corrected chi connectivity index (χ4v) is 2.66. The summed E-state index contributed by atoms with van der Waals surface area (Å²) in [6.07, 6.45) is -0.152. The van der Waals surface area contributed by atoms with Crippen molar-refractivity contribution in [1.29, 1.82) is 0 Å². The molecule has 0 saturated carbocycles. The van der Waals surface area contributed by atoms with Crippen molar-refractivity contribution in [2.75, 3.05) is 6.54 Å². The highest BCUT2D eigenvalue weighted by Crippen LogP contribution is 2.33. The van der Waals surface area contributed by atoms with Crippen LogP contribution in [0.2, 0.25) is 5.02 Å². The molecule has 0 aliphatic heterocycles. The predicted molar refractivity (Wildman–Crippen MR) is 87.9 cm³/mol. The van der Waals surface area contributed by atoms with E-state index in [1.165, 1.54) is 12.1 Å². The second kappa shape index (κ2) is 7.42. The SMILES string of the molecule is NCC(CC(=O)O)c1ccc(Cl)c(-c2cc(F)cc(C(=O)O)c2)c1. The van der Waals surface area contributed by atoms with E-state index in [-0.39, 0.29) is 18.5 Å². The number of rotatable bonds is 6. The van der Waals surface area contributed by atoms with Gasteiger partial charge in [-0.25, -0.2) is 9.18 Å². The van der Waals surface area contributed by atoms with Gasteiger partial charge in [0.1, 0.15) is 5.82 Å². The van der Waals surface area contributed by atoms with Crippen LogP contribution in [-0.4, -0.2) is 28.7 Å². The molecule has 2 aromatic carbocycles. The summed E-state index contributed by atoms with van der Waals surface area (Å²) < 4.78 is 13.7. The van der Waals surface area contributed by atoms with E-state index in [1.54, 1.807) is 18.2 Å². The molecular formula is C17H15ClFNO4. The number of carboxylic acids is 2. The molecule has 0 fully saturated rings. The molecule has 0 heterocycles. The lowest BCUT2D eigenvalue weighted by atomic mass is 9.92. The standard InChI is InChI=1S/C17H15ClFNO4/c18-15-2-1-9(12(8-20)7-16(21)22)6-14(15)10-3-11(17(23)24)5-13(19)4-10/h1-6,12H,7-8,20H2,(H,21,22)(H,23,24). The Bertz CT molecular complexity index is 794. The fourth-order valence-electron chi connectivity index (χ4n) is 2.43. The van der Waals surface area contributed by atoms with Crippen molar-refractivity contribution in [2.45, 2.75) is 12.3 Å². The van der Waals surface area contributed by atoms with Crippen molar-refractivity contribution in [1.82, 2.24) is 0 Å². The number of carboxylic acid groups (broad SMARTS) is 2. The molecule has 2 rings (SSSR count). The summed E-state index contributed by atoms with van der Waals surface area (Å²) in [6, 6.07) is 8.23. The van der Waals surface area contributed by atoms with Gasteiger partial charge in [0, 0.05) is 16.5 Å². The number of halogens is 2. The van der Waals surface area contributed by atoms with Crippen LogP contribution in [0.5, 0.6) is 0 Å². The maximum atomic E-state index is 13.7. The summed E-state index contributed by atoms with van der Waals surface area (Å²) in [7, 11) is 0. The lowest BCUT2D eigenvalue weighted by Crippen LogP contribution is -2.16. The van der Waals surface area contributed by atoms with Crippen molar-refractivity contribution in [3.63, 3.8) is 0 Å². The van der Waals surface area contributed by atoms with Crippen molar-refractivity contribution in [2.24, 2.45) is 5.73 Å². The topological polar surface area (TPSA) is 101 Å². The number of aromatic carboxylic acids is 1. The Morgan fingerprint density at radius 3 is 2.46 bits per heavy atom. The molecule has 0 saturated heterocycles. The molecule has 0 aromatic heterocycles. The Morgan fingerprint density at radius 2 is 1.88 bits per heavy atom. The molecule has 0 bridgehead atoms. The molecule has 1 atom stereocenters. The smallest absolute Gasteiger partial charge is 0.335 e. The fraction of sp³-hybridized carbons (Fsp3) is 0.176. The molecule has 4 N–H and O–H groups in total. The Labute approximate surface area is 142 Å². The third-order valence-electron chi connectivity index (χ3n) is 3.62. The second-order valence-corrected chi connectivity index (χ2v) is 5.71. The normalized spacial score (nSPS) is 12.0. The molecule has 7 heteroatoms. The Kier molecular flexibility index (Phi) is 5.54. The van der Waals surface area contributed by atoms with Crippen LogP contribution in [0, 0.1) is 5.82 Å². The van der Waals surface area contributed by atoms with Crippen LogP contribution in [0.3, 0.4) is 0 Å². The van der Waals surface area contributed by atoms with Crippen LogP contribution < -0.4 is 5.73 Å². The van der Waals surface area contributed by atoms with E-state index >= 15 is 0 Å². The molecule has 0 spiro atoms. The number of aliphatic carboxylic acids is 1. The minimum atomic E-state index is -1.26. The quantitative estimate of drug-likeness (QED) is 0.740. The van der Waals surface area contributed by atoms with E-state index in [1.807, 2.05) is 0 Å². The maximum absolute atomic E-state index is 13.7. The first kappa shape index (κ1) is 17.9. The zero-order chi connectivity index (χ0) is 17.9. The van der Waals surface area contributed by atoms with E-state index in [4.69, 9.17) is 27.5 Å². The van der Waals surface area contributed by atoms with Crippen LogP contribution in [0.25, 0.3) is 11.1 Å². The maximum Gasteiger partial charge on any atom is 0.335 e. The Hall–Kier alpha value is -2.44. The van der Waals surface area contributed by atoms with E-state index in [9.17, 15) is 14.0 Å². The highest BCUT2D eigenvalue weighted by atomic mass is 35.5. The first-order valence-corrected chi connectivity index (χ1v) is 7.45. The Morgan fingerprint density at radius 1 is 1.17 bits per heavy atom. The number of carbonyl (C=O) groups is 2. The summed E-state index contributed by atoms with van der Waals surface area (Å²) in [6.45, 7) is 0.122. The monoisotopic (exact) mass is 351 g/mol. The summed E-state index contributed by atoms with van der Waals surface area (Å²) >= 11 is 6.15. The van der Waals surface area contributed by atoms with Crippen LogP contribution in [0.15, 0.2) is 36.4 Å². The first-order chi connectivity index (χ1) is 11.3. The van der Waals surface area contributed by atoms with Gasteiger partial charge >= 0.3 is 11.9 Å².